The number of benzene rings is 2. The van der Waals surface area contributed by atoms with Gasteiger partial charge in [0.25, 0.3) is 20.2 Å². The highest BCUT2D eigenvalue weighted by atomic mass is 32.2. The predicted octanol–water partition coefficient (Wildman–Crippen LogP) is 6.88. The lowest BCUT2D eigenvalue weighted by molar-refractivity contribution is -0.438. The summed E-state index contributed by atoms with van der Waals surface area (Å²) in [7, 11) is -8.31. The van der Waals surface area contributed by atoms with Crippen molar-refractivity contribution in [1.82, 2.24) is 0 Å². The maximum Gasteiger partial charge on any atom is 0.267 e. The van der Waals surface area contributed by atoms with E-state index in [1.54, 1.807) is 0 Å². The van der Waals surface area contributed by atoms with Crippen molar-refractivity contribution in [2.24, 2.45) is 5.90 Å². The molecule has 0 saturated carbocycles. The van der Waals surface area contributed by atoms with Gasteiger partial charge in [0.05, 0.1) is 28.0 Å². The number of hydrogen-bond acceptors (Lipinski definition) is 9. The van der Waals surface area contributed by atoms with Crippen LogP contribution >= 0.6 is 12.0 Å². The lowest BCUT2D eigenvalue weighted by Gasteiger charge is -2.27. The molecule has 4 rings (SSSR count). The van der Waals surface area contributed by atoms with Gasteiger partial charge in [0, 0.05) is 52.4 Å². The molecule has 0 amide bonds. The second-order valence-electron chi connectivity index (χ2n) is 13.8. The number of rotatable bonds is 15. The molecule has 2 aliphatic rings. The first-order chi connectivity index (χ1) is 23.3. The van der Waals surface area contributed by atoms with Crippen LogP contribution in [0.25, 0.3) is 0 Å². The summed E-state index contributed by atoms with van der Waals surface area (Å²) in [6.45, 7) is 14.3. The minimum Gasteiger partial charge on any atom is -0.344 e. The molecule has 14 heteroatoms. The fourth-order valence-corrected chi connectivity index (χ4v) is 7.66. The van der Waals surface area contributed by atoms with E-state index in [1.165, 1.54) is 13.8 Å². The van der Waals surface area contributed by atoms with Crippen molar-refractivity contribution >= 4 is 49.4 Å². The van der Waals surface area contributed by atoms with E-state index in [0.717, 1.165) is 56.4 Å². The number of nitrogens with zero attached hydrogens (tertiary/aromatic N) is 2. The molecule has 2 aromatic rings. The Bertz CT molecular complexity index is 1960. The largest absolute Gasteiger partial charge is 0.344 e. The molecule has 0 spiro atoms. The van der Waals surface area contributed by atoms with Crippen LogP contribution in [0.15, 0.2) is 89.5 Å². The number of aryl methyl sites for hydroxylation is 1. The van der Waals surface area contributed by atoms with Gasteiger partial charge in [0.2, 0.25) is 5.69 Å². The normalized spacial score (nSPS) is 19.3. The highest BCUT2D eigenvalue weighted by molar-refractivity contribution is 7.94. The molecule has 0 saturated heterocycles. The van der Waals surface area contributed by atoms with E-state index in [4.69, 9.17) is 10.2 Å². The van der Waals surface area contributed by atoms with Gasteiger partial charge in [-0.2, -0.15) is 27.3 Å². The fraction of sp³-hybridized carbons (Fsp3) is 0.417. The van der Waals surface area contributed by atoms with Gasteiger partial charge < -0.3 is 4.90 Å². The highest BCUT2D eigenvalue weighted by Crippen LogP contribution is 2.48. The molecule has 4 N–H and O–H groups in total. The molecule has 272 valence electrons. The summed E-state index contributed by atoms with van der Waals surface area (Å²) in [5.74, 6) is 5.02. The van der Waals surface area contributed by atoms with Crippen molar-refractivity contribution < 1.29 is 39.8 Å². The quantitative estimate of drug-likeness (QED) is 0.0435. The van der Waals surface area contributed by atoms with Crippen molar-refractivity contribution in [2.45, 2.75) is 87.5 Å². The Kier molecular flexibility index (Phi) is 12.4. The summed E-state index contributed by atoms with van der Waals surface area (Å²) in [6, 6.07) is 12.1. The number of fused-ring (bicyclic) bond motifs is 2. The second-order valence-corrected chi connectivity index (χ2v) is 18.2. The molecule has 2 heterocycles. The molecule has 0 aromatic heterocycles. The van der Waals surface area contributed by atoms with Crippen LogP contribution < -0.4 is 10.8 Å². The van der Waals surface area contributed by atoms with Crippen molar-refractivity contribution in [2.75, 3.05) is 18.0 Å². The van der Waals surface area contributed by atoms with Crippen LogP contribution in [0.4, 0.5) is 11.4 Å². The Morgan fingerprint density at radius 1 is 0.880 bits per heavy atom. The van der Waals surface area contributed by atoms with Crippen molar-refractivity contribution in [3.05, 3.63) is 101 Å². The Morgan fingerprint density at radius 2 is 1.52 bits per heavy atom. The fourth-order valence-electron chi connectivity index (χ4n) is 6.44. The zero-order valence-electron chi connectivity index (χ0n) is 29.5. The maximum atomic E-state index is 11.8. The summed E-state index contributed by atoms with van der Waals surface area (Å²) in [5, 5.41) is -1.81. The van der Waals surface area contributed by atoms with Crippen LogP contribution in [-0.2, 0) is 40.4 Å². The van der Waals surface area contributed by atoms with Gasteiger partial charge in [-0.05, 0) is 70.9 Å². The zero-order valence-corrected chi connectivity index (χ0v) is 32.0. The number of hydrogen-bond donors (Lipinski definition) is 3. The molecular weight excluding hydrogens is 699 g/mol. The van der Waals surface area contributed by atoms with Crippen LogP contribution in [0.2, 0.25) is 0 Å². The third-order valence-corrected chi connectivity index (χ3v) is 12.7. The van der Waals surface area contributed by atoms with E-state index in [1.807, 2.05) is 73.7 Å². The molecule has 0 aliphatic carbocycles. The number of nitrogens with two attached hydrogens (primary N) is 1. The van der Waals surface area contributed by atoms with Gasteiger partial charge in [0.15, 0.2) is 12.3 Å². The average molecular weight is 747 g/mol. The molecule has 11 nitrogen and oxygen atoms in total. The summed E-state index contributed by atoms with van der Waals surface area (Å²) in [6.07, 6.45) is 14.2. The van der Waals surface area contributed by atoms with E-state index < -0.39 is 36.2 Å². The lowest BCUT2D eigenvalue weighted by Crippen LogP contribution is -2.30. The molecule has 0 fully saturated rings. The second kappa shape index (κ2) is 15.7. The first kappa shape index (κ1) is 39.7. The van der Waals surface area contributed by atoms with E-state index in [-0.39, 0.29) is 18.3 Å². The topological polar surface area (TPSA) is 159 Å². The molecule has 0 bridgehead atoms. The van der Waals surface area contributed by atoms with Gasteiger partial charge in [-0.3, -0.25) is 9.11 Å². The van der Waals surface area contributed by atoms with Gasteiger partial charge in [0.1, 0.15) is 0 Å². The van der Waals surface area contributed by atoms with E-state index in [9.17, 15) is 25.9 Å². The van der Waals surface area contributed by atoms with Gasteiger partial charge >= 0.3 is 0 Å². The first-order valence-corrected chi connectivity index (χ1v) is 20.1. The molecular formula is C36H48N3O8S3+. The number of anilines is 1. The SMILES string of the molecule is Cc1ccc2c(c1)C(C)(C)\C(=C/C=C/C=C/C=C/C1=[N+](CCC(C)S(=O)(=O)O)c3ccc(SOON)cc3C1(C)C)N2CCC(C)S(=O)(=O)O. The smallest absolute Gasteiger partial charge is 0.267 e. The van der Waals surface area contributed by atoms with Gasteiger partial charge in [-0.1, -0.05) is 61.9 Å². The average Bonchev–Trinajstić information content (AvgIpc) is 3.37. The van der Waals surface area contributed by atoms with Crippen LogP contribution in [0.3, 0.4) is 0 Å². The summed E-state index contributed by atoms with van der Waals surface area (Å²) >= 11 is 0.985. The van der Waals surface area contributed by atoms with Crippen LogP contribution in [0.1, 0.15) is 71.1 Å². The summed E-state index contributed by atoms with van der Waals surface area (Å²) < 4.78 is 73.0. The standard InChI is InChI=1S/C36H47N3O8S3/c1-25-15-17-31-29(23-25)35(4,5)33(38(31)21-19-26(2)49(40,41)42)13-11-9-8-10-12-14-34-36(6,7)30-24-28(48-47-46-37)16-18-32(30)39(34)22-20-27(3)50(43,44)45/h8-18,23-24,26-27H,19-22,37H2,1-7H3,(H-,40,41,42,43,44,45)/p+1. The number of allylic oxidation sites excluding steroid dienone is 8. The third kappa shape index (κ3) is 8.86. The third-order valence-electron chi connectivity index (χ3n) is 9.57. The highest BCUT2D eigenvalue weighted by Gasteiger charge is 2.45. The molecule has 2 unspecified atom stereocenters. The monoisotopic (exact) mass is 746 g/mol. The maximum absolute atomic E-state index is 11.8. The van der Waals surface area contributed by atoms with E-state index >= 15 is 0 Å². The van der Waals surface area contributed by atoms with E-state index in [0.29, 0.717) is 13.1 Å². The van der Waals surface area contributed by atoms with Crippen molar-refractivity contribution in [1.29, 1.82) is 0 Å². The first-order valence-electron chi connectivity index (χ1n) is 16.3. The van der Waals surface area contributed by atoms with Crippen molar-refractivity contribution in [3.63, 3.8) is 0 Å². The Morgan fingerprint density at radius 3 is 2.18 bits per heavy atom. The van der Waals surface area contributed by atoms with Crippen LogP contribution in [-0.4, -0.2) is 59.8 Å². The molecule has 2 atom stereocenters. The molecule has 0 radical (unpaired) electrons. The summed E-state index contributed by atoms with van der Waals surface area (Å²) in [4.78, 5) is 7.17. The zero-order chi connectivity index (χ0) is 37.1. The van der Waals surface area contributed by atoms with E-state index in [2.05, 4.69) is 54.3 Å². The van der Waals surface area contributed by atoms with Gasteiger partial charge in [-0.25, -0.2) is 0 Å². The van der Waals surface area contributed by atoms with Crippen molar-refractivity contribution in [3.8, 4) is 0 Å². The Hall–Kier alpha value is -3.08. The van der Waals surface area contributed by atoms with Gasteiger partial charge in [-0.15, -0.1) is 9.32 Å². The minimum atomic E-state index is -4.17. The lowest BCUT2D eigenvalue weighted by atomic mass is 9.81. The molecule has 2 aromatic carbocycles. The molecule has 50 heavy (non-hydrogen) atoms. The van der Waals surface area contributed by atoms with Crippen LogP contribution in [0.5, 0.6) is 0 Å². The van der Waals surface area contributed by atoms with Crippen LogP contribution in [0, 0.1) is 6.92 Å². The summed E-state index contributed by atoms with van der Waals surface area (Å²) in [5.41, 5.74) is 6.49. The Labute approximate surface area is 300 Å². The molecule has 2 aliphatic heterocycles. The predicted molar refractivity (Wildman–Crippen MR) is 200 cm³/mol. The minimum absolute atomic E-state index is 0.227. The Balaban J connectivity index is 1.59.